The maximum atomic E-state index is 9.11. The average molecular weight is 244 g/mol. The minimum Gasteiger partial charge on any atom is -0.417 e. The van der Waals surface area contributed by atoms with Crippen molar-refractivity contribution in [1.29, 1.82) is 0 Å². The van der Waals surface area contributed by atoms with Crippen LogP contribution >= 0.6 is 0 Å². The van der Waals surface area contributed by atoms with Crippen LogP contribution in [0.4, 0.5) is 0 Å². The highest BCUT2D eigenvalue weighted by Gasteiger charge is 2.38. The number of aliphatic hydroxyl groups is 1. The third-order valence-corrected chi connectivity index (χ3v) is 8.89. The van der Waals surface area contributed by atoms with Crippen LogP contribution in [0.15, 0.2) is 0 Å². The molecule has 1 N–H and O–H groups in total. The Bertz CT molecular complexity index is 220. The summed E-state index contributed by atoms with van der Waals surface area (Å²) >= 11 is 0. The first-order valence-electron chi connectivity index (χ1n) is 6.51. The second-order valence-corrected chi connectivity index (χ2v) is 11.6. The highest BCUT2D eigenvalue weighted by Crippen LogP contribution is 2.38. The number of hydrogen-bond donors (Lipinski definition) is 1. The van der Waals surface area contributed by atoms with E-state index in [0.29, 0.717) is 23.5 Å². The lowest BCUT2D eigenvalue weighted by Crippen LogP contribution is -2.41. The lowest BCUT2D eigenvalue weighted by Gasteiger charge is -2.37. The van der Waals surface area contributed by atoms with Crippen LogP contribution in [0.25, 0.3) is 0 Å². The summed E-state index contributed by atoms with van der Waals surface area (Å²) in [7, 11) is -1.57. The van der Waals surface area contributed by atoms with Crippen molar-refractivity contribution >= 4 is 8.32 Å². The van der Waals surface area contributed by atoms with Gasteiger partial charge in [-0.2, -0.15) is 0 Å². The van der Waals surface area contributed by atoms with Gasteiger partial charge in [-0.25, -0.2) is 0 Å². The first kappa shape index (κ1) is 14.2. The van der Waals surface area contributed by atoms with E-state index in [1.807, 2.05) is 0 Å². The zero-order valence-electron chi connectivity index (χ0n) is 11.5. The molecule has 96 valence electrons. The highest BCUT2D eigenvalue weighted by molar-refractivity contribution is 6.74. The summed E-state index contributed by atoms with van der Waals surface area (Å²) in [6, 6.07) is 0. The van der Waals surface area contributed by atoms with Crippen LogP contribution in [0.3, 0.4) is 0 Å². The van der Waals surface area contributed by atoms with Crippen LogP contribution in [0.1, 0.15) is 40.0 Å². The predicted octanol–water partition coefficient (Wildman–Crippen LogP) is 3.42. The number of aliphatic hydroxyl groups excluding tert-OH is 1. The predicted molar refractivity (Wildman–Crippen MR) is 71.1 cm³/mol. The van der Waals surface area contributed by atoms with Crippen LogP contribution in [0.5, 0.6) is 0 Å². The summed E-state index contributed by atoms with van der Waals surface area (Å²) in [5, 5.41) is 9.42. The van der Waals surface area contributed by atoms with E-state index in [0.717, 1.165) is 13.0 Å². The fourth-order valence-electron chi connectivity index (χ4n) is 2.04. The summed E-state index contributed by atoms with van der Waals surface area (Å²) < 4.78 is 6.23. The Labute approximate surface area is 102 Å². The molecule has 0 bridgehead atoms. The molecule has 0 heterocycles. The van der Waals surface area contributed by atoms with Crippen LogP contribution in [0, 0.1) is 11.8 Å². The van der Waals surface area contributed by atoms with E-state index in [2.05, 4.69) is 33.9 Å². The molecule has 1 rings (SSSR count). The van der Waals surface area contributed by atoms with Gasteiger partial charge in [0, 0.05) is 13.2 Å². The zero-order valence-corrected chi connectivity index (χ0v) is 12.5. The molecule has 0 aromatic heterocycles. The second kappa shape index (κ2) is 5.19. The smallest absolute Gasteiger partial charge is 0.191 e. The molecule has 0 amide bonds. The summed E-state index contributed by atoms with van der Waals surface area (Å²) in [6.07, 6.45) is 3.58. The van der Waals surface area contributed by atoms with Crippen molar-refractivity contribution in [1.82, 2.24) is 0 Å². The van der Waals surface area contributed by atoms with E-state index < -0.39 is 8.32 Å². The second-order valence-electron chi connectivity index (χ2n) is 6.80. The maximum absolute atomic E-state index is 9.11. The van der Waals surface area contributed by atoms with Crippen LogP contribution in [-0.2, 0) is 4.43 Å². The van der Waals surface area contributed by atoms with Crippen molar-refractivity contribution in [2.75, 3.05) is 13.2 Å². The molecule has 16 heavy (non-hydrogen) atoms. The lowest BCUT2D eigenvalue weighted by molar-refractivity contribution is 0.204. The maximum Gasteiger partial charge on any atom is 0.191 e. The van der Waals surface area contributed by atoms with Crippen LogP contribution in [-0.4, -0.2) is 26.6 Å². The molecule has 0 unspecified atom stereocenters. The van der Waals surface area contributed by atoms with E-state index >= 15 is 0 Å². The van der Waals surface area contributed by atoms with E-state index in [1.54, 1.807) is 0 Å². The Morgan fingerprint density at radius 3 is 2.19 bits per heavy atom. The third kappa shape index (κ3) is 3.57. The van der Waals surface area contributed by atoms with Gasteiger partial charge in [-0.3, -0.25) is 0 Å². The van der Waals surface area contributed by atoms with Crippen molar-refractivity contribution in [2.45, 2.75) is 58.2 Å². The van der Waals surface area contributed by atoms with Gasteiger partial charge in [-0.1, -0.05) is 20.8 Å². The molecular formula is C13H28O2Si. The Hall–Kier alpha value is 0.137. The highest BCUT2D eigenvalue weighted by atomic mass is 28.4. The molecule has 3 heteroatoms. The topological polar surface area (TPSA) is 29.5 Å². The molecule has 1 aliphatic rings. The molecule has 0 spiro atoms. The SMILES string of the molecule is CC(C)(C)[Si](C)(C)OC[C@H]1CC[C@@H](CO)C1. The first-order chi connectivity index (χ1) is 7.26. The molecule has 1 fully saturated rings. The largest absolute Gasteiger partial charge is 0.417 e. The van der Waals surface area contributed by atoms with Gasteiger partial charge in [0.1, 0.15) is 0 Å². The monoisotopic (exact) mass is 244 g/mol. The molecule has 0 aliphatic heterocycles. The quantitative estimate of drug-likeness (QED) is 0.768. The fourth-order valence-corrected chi connectivity index (χ4v) is 3.12. The molecule has 1 saturated carbocycles. The zero-order chi connectivity index (χ0) is 12.4. The van der Waals surface area contributed by atoms with Crippen LogP contribution < -0.4 is 0 Å². The van der Waals surface area contributed by atoms with Gasteiger partial charge in [-0.15, -0.1) is 0 Å². The molecule has 0 aromatic rings. The number of hydrogen-bond acceptors (Lipinski definition) is 2. The van der Waals surface area contributed by atoms with Gasteiger partial charge in [-0.05, 0) is 49.2 Å². The summed E-state index contributed by atoms with van der Waals surface area (Å²) in [5.41, 5.74) is 0. The minimum atomic E-state index is -1.57. The molecule has 1 aliphatic carbocycles. The van der Waals surface area contributed by atoms with Crippen molar-refractivity contribution in [3.63, 3.8) is 0 Å². The normalized spacial score (nSPS) is 27.4. The Balaban J connectivity index is 2.35. The number of rotatable bonds is 4. The molecule has 0 radical (unpaired) electrons. The Kier molecular flexibility index (Phi) is 4.61. The van der Waals surface area contributed by atoms with Gasteiger partial charge >= 0.3 is 0 Å². The van der Waals surface area contributed by atoms with E-state index in [9.17, 15) is 0 Å². The summed E-state index contributed by atoms with van der Waals surface area (Å²) in [6.45, 7) is 12.7. The first-order valence-corrected chi connectivity index (χ1v) is 9.42. The van der Waals surface area contributed by atoms with E-state index in [4.69, 9.17) is 9.53 Å². The Morgan fingerprint density at radius 1 is 1.19 bits per heavy atom. The minimum absolute atomic E-state index is 0.308. The molecule has 0 saturated heterocycles. The lowest BCUT2D eigenvalue weighted by atomic mass is 10.1. The molecule has 2 atom stereocenters. The average Bonchev–Trinajstić information content (AvgIpc) is 2.60. The van der Waals surface area contributed by atoms with Gasteiger partial charge in [0.25, 0.3) is 0 Å². The fraction of sp³-hybridized carbons (Fsp3) is 1.00. The van der Waals surface area contributed by atoms with E-state index in [-0.39, 0.29) is 0 Å². The standard InChI is InChI=1S/C13H28O2Si/c1-13(2,3)16(4,5)15-10-12-7-6-11(8-12)9-14/h11-12,14H,6-10H2,1-5H3/t11-,12+/m1/s1. The van der Waals surface area contributed by atoms with Gasteiger partial charge < -0.3 is 9.53 Å². The third-order valence-electron chi connectivity index (χ3n) is 4.39. The van der Waals surface area contributed by atoms with Gasteiger partial charge in [0.2, 0.25) is 0 Å². The molecular weight excluding hydrogens is 216 g/mol. The van der Waals surface area contributed by atoms with E-state index in [1.165, 1.54) is 12.8 Å². The van der Waals surface area contributed by atoms with Gasteiger partial charge in [0.15, 0.2) is 8.32 Å². The summed E-state index contributed by atoms with van der Waals surface area (Å²) in [5.74, 6) is 1.22. The van der Waals surface area contributed by atoms with Crippen molar-refractivity contribution < 1.29 is 9.53 Å². The molecule has 2 nitrogen and oxygen atoms in total. The van der Waals surface area contributed by atoms with Crippen molar-refractivity contribution in [3.8, 4) is 0 Å². The van der Waals surface area contributed by atoms with Crippen LogP contribution in [0.2, 0.25) is 18.1 Å². The molecule has 0 aromatic carbocycles. The Morgan fingerprint density at radius 2 is 1.75 bits per heavy atom. The summed E-state index contributed by atoms with van der Waals surface area (Å²) in [4.78, 5) is 0. The van der Waals surface area contributed by atoms with Crippen molar-refractivity contribution in [3.05, 3.63) is 0 Å². The van der Waals surface area contributed by atoms with Crippen molar-refractivity contribution in [2.24, 2.45) is 11.8 Å². The van der Waals surface area contributed by atoms with Gasteiger partial charge in [0.05, 0.1) is 0 Å².